The fourth-order valence-electron chi connectivity index (χ4n) is 2.68. The van der Waals surface area contributed by atoms with Gasteiger partial charge in [0.05, 0.1) is 0 Å². The molecule has 0 saturated heterocycles. The van der Waals surface area contributed by atoms with Gasteiger partial charge in [0.2, 0.25) is 0 Å². The summed E-state index contributed by atoms with van der Waals surface area (Å²) >= 11 is 3.68. The highest BCUT2D eigenvalue weighted by Gasteiger charge is 2.22. The summed E-state index contributed by atoms with van der Waals surface area (Å²) < 4.78 is 0. The van der Waals surface area contributed by atoms with Crippen LogP contribution in [0.25, 0.3) is 0 Å². The Bertz CT molecular complexity index is 628. The van der Waals surface area contributed by atoms with E-state index in [1.54, 1.807) is 11.8 Å². The highest BCUT2D eigenvalue weighted by molar-refractivity contribution is 7.99. The first-order valence-corrected chi connectivity index (χ1v) is 9.23. The van der Waals surface area contributed by atoms with Gasteiger partial charge in [0.25, 0.3) is 0 Å². The van der Waals surface area contributed by atoms with E-state index < -0.39 is 0 Å². The van der Waals surface area contributed by atoms with Crippen LogP contribution >= 0.6 is 23.5 Å². The molecule has 1 aliphatic rings. The van der Waals surface area contributed by atoms with Crippen molar-refractivity contribution in [2.45, 2.75) is 27.1 Å². The standard InChI is InChI=1S/C17H20N2S2/c1-20-13-6-7-17-14(11-13)15(19-9-8-18)10-12-4-2-3-5-16(12)21-17/h2-7,11,15,19H,8-10,18H2,1H3. The van der Waals surface area contributed by atoms with Crippen molar-refractivity contribution in [1.29, 1.82) is 0 Å². The molecule has 1 atom stereocenters. The molecule has 0 saturated carbocycles. The Morgan fingerprint density at radius 2 is 2.10 bits per heavy atom. The van der Waals surface area contributed by atoms with Crippen molar-refractivity contribution in [3.63, 3.8) is 0 Å². The number of thioether (sulfide) groups is 1. The Labute approximate surface area is 134 Å². The maximum absolute atomic E-state index is 5.68. The third kappa shape index (κ3) is 3.29. The van der Waals surface area contributed by atoms with Crippen molar-refractivity contribution in [2.75, 3.05) is 19.3 Å². The molecular formula is C17H20N2S2. The first-order chi connectivity index (χ1) is 10.3. The van der Waals surface area contributed by atoms with Crippen molar-refractivity contribution in [1.82, 2.24) is 5.32 Å². The molecule has 2 nitrogen and oxygen atoms in total. The second-order valence-corrected chi connectivity index (χ2v) is 7.08. The molecule has 110 valence electrons. The first-order valence-electron chi connectivity index (χ1n) is 7.19. The van der Waals surface area contributed by atoms with E-state index >= 15 is 0 Å². The van der Waals surface area contributed by atoms with Crippen LogP contribution in [0.2, 0.25) is 0 Å². The molecule has 0 spiro atoms. The van der Waals surface area contributed by atoms with Gasteiger partial charge in [-0.2, -0.15) is 0 Å². The van der Waals surface area contributed by atoms with Crippen LogP contribution in [0.3, 0.4) is 0 Å². The molecule has 2 aromatic carbocycles. The van der Waals surface area contributed by atoms with Crippen LogP contribution in [-0.4, -0.2) is 19.3 Å². The lowest BCUT2D eigenvalue weighted by atomic mass is 9.99. The number of nitrogens with two attached hydrogens (primary N) is 1. The molecule has 1 aliphatic heterocycles. The maximum atomic E-state index is 5.68. The van der Waals surface area contributed by atoms with Crippen LogP contribution in [-0.2, 0) is 6.42 Å². The molecule has 3 N–H and O–H groups in total. The summed E-state index contributed by atoms with van der Waals surface area (Å²) in [6, 6.07) is 15.8. The van der Waals surface area contributed by atoms with E-state index in [9.17, 15) is 0 Å². The lowest BCUT2D eigenvalue weighted by Crippen LogP contribution is -2.28. The van der Waals surface area contributed by atoms with Gasteiger partial charge in [-0.25, -0.2) is 0 Å². The van der Waals surface area contributed by atoms with Gasteiger partial charge < -0.3 is 11.1 Å². The van der Waals surface area contributed by atoms with Gasteiger partial charge in [-0.1, -0.05) is 30.0 Å². The molecule has 4 heteroatoms. The number of nitrogens with one attached hydrogen (secondary N) is 1. The van der Waals surface area contributed by atoms with Gasteiger partial charge in [-0.3, -0.25) is 0 Å². The summed E-state index contributed by atoms with van der Waals surface area (Å²) in [5.74, 6) is 0. The predicted octanol–water partition coefficient (Wildman–Crippen LogP) is 3.71. The van der Waals surface area contributed by atoms with Crippen LogP contribution in [0, 0.1) is 0 Å². The maximum Gasteiger partial charge on any atom is 0.0373 e. The summed E-state index contributed by atoms with van der Waals surface area (Å²) in [7, 11) is 0. The van der Waals surface area contributed by atoms with Crippen molar-refractivity contribution < 1.29 is 0 Å². The molecule has 0 amide bonds. The zero-order valence-corrected chi connectivity index (χ0v) is 13.8. The van der Waals surface area contributed by atoms with E-state index in [-0.39, 0.29) is 0 Å². The smallest absolute Gasteiger partial charge is 0.0373 e. The van der Waals surface area contributed by atoms with Crippen LogP contribution in [0.5, 0.6) is 0 Å². The van der Waals surface area contributed by atoms with Crippen molar-refractivity contribution >= 4 is 23.5 Å². The third-order valence-electron chi connectivity index (χ3n) is 3.74. The van der Waals surface area contributed by atoms with Crippen LogP contribution in [0.1, 0.15) is 17.2 Å². The summed E-state index contributed by atoms with van der Waals surface area (Å²) in [6.07, 6.45) is 3.15. The molecule has 0 bridgehead atoms. The third-order valence-corrected chi connectivity index (χ3v) is 5.68. The highest BCUT2D eigenvalue weighted by Crippen LogP contribution is 2.41. The van der Waals surface area contributed by atoms with Crippen molar-refractivity contribution in [2.24, 2.45) is 5.73 Å². The highest BCUT2D eigenvalue weighted by atomic mass is 32.2. The van der Waals surface area contributed by atoms with Crippen molar-refractivity contribution in [3.05, 3.63) is 53.6 Å². The molecule has 1 unspecified atom stereocenters. The zero-order valence-electron chi connectivity index (χ0n) is 12.1. The van der Waals surface area contributed by atoms with E-state index in [2.05, 4.69) is 54.0 Å². The van der Waals surface area contributed by atoms with Gasteiger partial charge >= 0.3 is 0 Å². The monoisotopic (exact) mass is 316 g/mol. The van der Waals surface area contributed by atoms with Crippen LogP contribution in [0.4, 0.5) is 0 Å². The normalized spacial score (nSPS) is 17.0. The van der Waals surface area contributed by atoms with Gasteiger partial charge in [0.15, 0.2) is 0 Å². The summed E-state index contributed by atoms with van der Waals surface area (Å²) in [5, 5.41) is 3.61. The van der Waals surface area contributed by atoms with Gasteiger partial charge in [0, 0.05) is 33.8 Å². The second-order valence-electron chi connectivity index (χ2n) is 5.11. The fourth-order valence-corrected chi connectivity index (χ4v) is 4.25. The van der Waals surface area contributed by atoms with Crippen LogP contribution < -0.4 is 11.1 Å². The number of hydrogen-bond donors (Lipinski definition) is 2. The summed E-state index contributed by atoms with van der Waals surface area (Å²) in [5.41, 5.74) is 8.50. The summed E-state index contributed by atoms with van der Waals surface area (Å²) in [6.45, 7) is 1.52. The minimum Gasteiger partial charge on any atom is -0.329 e. The molecule has 0 radical (unpaired) electrons. The molecule has 0 fully saturated rings. The quantitative estimate of drug-likeness (QED) is 0.844. The molecule has 1 heterocycles. The minimum absolute atomic E-state index is 0.340. The lowest BCUT2D eigenvalue weighted by molar-refractivity contribution is 0.530. The number of hydrogen-bond acceptors (Lipinski definition) is 4. The first kappa shape index (κ1) is 15.0. The average Bonchev–Trinajstić information content (AvgIpc) is 2.68. The van der Waals surface area contributed by atoms with Gasteiger partial charge in [0.1, 0.15) is 0 Å². The SMILES string of the molecule is CSc1ccc2c(c1)C(NCCN)Cc1ccccc1S2. The second kappa shape index (κ2) is 6.88. The zero-order chi connectivity index (χ0) is 14.7. The lowest BCUT2D eigenvalue weighted by Gasteiger charge is -2.19. The van der Waals surface area contributed by atoms with Crippen molar-refractivity contribution in [3.8, 4) is 0 Å². The number of benzene rings is 2. The molecule has 21 heavy (non-hydrogen) atoms. The predicted molar refractivity (Wildman–Crippen MR) is 92.3 cm³/mol. The van der Waals surface area contributed by atoms with E-state index in [0.29, 0.717) is 12.6 Å². The van der Waals surface area contributed by atoms with E-state index in [1.807, 2.05) is 11.8 Å². The Morgan fingerprint density at radius 1 is 1.24 bits per heavy atom. The fraction of sp³-hybridized carbons (Fsp3) is 0.294. The van der Waals surface area contributed by atoms with Crippen LogP contribution in [0.15, 0.2) is 57.2 Å². The molecule has 0 aromatic heterocycles. The Morgan fingerprint density at radius 3 is 2.90 bits per heavy atom. The Balaban J connectivity index is 2.03. The van der Waals surface area contributed by atoms with Gasteiger partial charge in [-0.05, 0) is 48.1 Å². The molecular weight excluding hydrogens is 296 g/mol. The summed E-state index contributed by atoms with van der Waals surface area (Å²) in [4.78, 5) is 4.04. The topological polar surface area (TPSA) is 38.0 Å². The Kier molecular flexibility index (Phi) is 4.91. The largest absolute Gasteiger partial charge is 0.329 e. The van der Waals surface area contributed by atoms with E-state index in [0.717, 1.165) is 13.0 Å². The number of fused-ring (bicyclic) bond motifs is 2. The van der Waals surface area contributed by atoms with Gasteiger partial charge in [-0.15, -0.1) is 11.8 Å². The number of rotatable bonds is 4. The Hall–Kier alpha value is -0.940. The van der Waals surface area contributed by atoms with E-state index in [4.69, 9.17) is 5.73 Å². The average molecular weight is 316 g/mol. The molecule has 2 aromatic rings. The molecule has 3 rings (SSSR count). The molecule has 0 aliphatic carbocycles. The van der Waals surface area contributed by atoms with E-state index in [1.165, 1.54) is 25.8 Å². The minimum atomic E-state index is 0.340.